The summed E-state index contributed by atoms with van der Waals surface area (Å²) < 4.78 is 0. The maximum atomic E-state index is 3.83. The fraction of sp³-hybridized carbons (Fsp3) is 0.765. The van der Waals surface area contributed by atoms with Gasteiger partial charge in [0.25, 0.3) is 0 Å². The first-order chi connectivity index (χ1) is 9.40. The van der Waals surface area contributed by atoms with Crippen molar-refractivity contribution in [1.29, 1.82) is 0 Å². The normalized spacial score (nSPS) is 19.2. The minimum absolute atomic E-state index is 0.750. The highest BCUT2D eigenvalue weighted by atomic mass is 32.1. The van der Waals surface area contributed by atoms with E-state index in [4.69, 9.17) is 0 Å². The molecule has 1 aliphatic rings. The molecule has 1 saturated carbocycles. The molecule has 2 heteroatoms. The maximum Gasteiger partial charge on any atom is 0.00987 e. The molecule has 1 heterocycles. The van der Waals surface area contributed by atoms with Crippen molar-refractivity contribution in [3.05, 3.63) is 22.4 Å². The Hall–Kier alpha value is -0.340. The Labute approximate surface area is 122 Å². The molecule has 1 fully saturated rings. The summed E-state index contributed by atoms with van der Waals surface area (Å²) in [7, 11) is 0. The summed E-state index contributed by atoms with van der Waals surface area (Å²) in [6, 6.07) is 5.22. The van der Waals surface area contributed by atoms with Crippen molar-refractivity contribution < 1.29 is 0 Å². The second kappa shape index (κ2) is 8.76. The van der Waals surface area contributed by atoms with Crippen LogP contribution in [0.15, 0.2) is 17.5 Å². The highest BCUT2D eigenvalue weighted by Gasteiger charge is 2.21. The molecule has 1 N–H and O–H groups in total. The summed E-state index contributed by atoms with van der Waals surface area (Å²) in [5, 5.41) is 6.04. The zero-order valence-corrected chi connectivity index (χ0v) is 13.2. The Morgan fingerprint density at radius 2 is 2.05 bits per heavy atom. The van der Waals surface area contributed by atoms with Crippen molar-refractivity contribution in [2.24, 2.45) is 5.92 Å². The monoisotopic (exact) mass is 279 g/mol. The van der Waals surface area contributed by atoms with Crippen molar-refractivity contribution in [2.75, 3.05) is 6.54 Å². The molecule has 0 bridgehead atoms. The van der Waals surface area contributed by atoms with Crippen LogP contribution in [0.1, 0.15) is 63.2 Å². The second-order valence-corrected chi connectivity index (χ2v) is 6.96. The van der Waals surface area contributed by atoms with E-state index in [9.17, 15) is 0 Å². The number of hydrogen-bond donors (Lipinski definition) is 1. The molecule has 0 saturated heterocycles. The van der Waals surface area contributed by atoms with E-state index in [0.29, 0.717) is 0 Å². The number of aryl methyl sites for hydroxylation is 1. The third-order valence-corrected chi connectivity index (χ3v) is 5.34. The highest BCUT2D eigenvalue weighted by molar-refractivity contribution is 7.09. The molecule has 108 valence electrons. The topological polar surface area (TPSA) is 12.0 Å². The second-order valence-electron chi connectivity index (χ2n) is 5.93. The van der Waals surface area contributed by atoms with Crippen LogP contribution in [0.2, 0.25) is 0 Å². The van der Waals surface area contributed by atoms with Crippen molar-refractivity contribution in [3.63, 3.8) is 0 Å². The van der Waals surface area contributed by atoms with E-state index >= 15 is 0 Å². The first kappa shape index (κ1) is 15.1. The molecule has 1 aliphatic carbocycles. The van der Waals surface area contributed by atoms with Crippen LogP contribution in [0.3, 0.4) is 0 Å². The van der Waals surface area contributed by atoms with Gasteiger partial charge in [0.05, 0.1) is 0 Å². The Bertz CT molecular complexity index is 312. The van der Waals surface area contributed by atoms with Crippen LogP contribution < -0.4 is 5.32 Å². The average Bonchev–Trinajstić information content (AvgIpc) is 2.80. The Morgan fingerprint density at radius 3 is 2.68 bits per heavy atom. The zero-order valence-electron chi connectivity index (χ0n) is 12.4. The van der Waals surface area contributed by atoms with E-state index in [1.165, 1.54) is 64.3 Å². The number of hydrogen-bond acceptors (Lipinski definition) is 2. The van der Waals surface area contributed by atoms with Crippen LogP contribution in [0.25, 0.3) is 0 Å². The van der Waals surface area contributed by atoms with Crippen LogP contribution >= 0.6 is 11.3 Å². The molecule has 0 aromatic carbocycles. The standard InChI is InChI=1S/C17H29NS/c1-2-13-18-17(12-11-16-10-7-14-19-16)15-8-5-3-4-6-9-15/h7,10,14-15,17-18H,2-6,8-9,11-13H2,1H3. The molecule has 1 unspecified atom stereocenters. The lowest BCUT2D eigenvalue weighted by atomic mass is 9.88. The molecule has 0 spiro atoms. The summed E-state index contributed by atoms with van der Waals surface area (Å²) in [6.07, 6.45) is 12.6. The van der Waals surface area contributed by atoms with Gasteiger partial charge < -0.3 is 5.32 Å². The molecule has 0 aliphatic heterocycles. The third-order valence-electron chi connectivity index (χ3n) is 4.41. The summed E-state index contributed by atoms with van der Waals surface area (Å²) >= 11 is 1.91. The maximum absolute atomic E-state index is 3.83. The van der Waals surface area contributed by atoms with E-state index in [2.05, 4.69) is 29.8 Å². The molecule has 1 nitrogen and oxygen atoms in total. The van der Waals surface area contributed by atoms with Gasteiger partial charge in [-0.05, 0) is 56.0 Å². The van der Waals surface area contributed by atoms with Gasteiger partial charge in [0.2, 0.25) is 0 Å². The van der Waals surface area contributed by atoms with Crippen LogP contribution in [0, 0.1) is 5.92 Å². The summed E-state index contributed by atoms with van der Waals surface area (Å²) in [5.74, 6) is 0.925. The SMILES string of the molecule is CCCNC(CCc1cccs1)C1CCCCCC1. The Kier molecular flexibility index (Phi) is 6.94. The van der Waals surface area contributed by atoms with Gasteiger partial charge in [0.1, 0.15) is 0 Å². The van der Waals surface area contributed by atoms with Gasteiger partial charge in [-0.25, -0.2) is 0 Å². The lowest BCUT2D eigenvalue weighted by Crippen LogP contribution is -2.37. The van der Waals surface area contributed by atoms with Gasteiger partial charge in [0.15, 0.2) is 0 Å². The summed E-state index contributed by atoms with van der Waals surface area (Å²) in [6.45, 7) is 3.46. The van der Waals surface area contributed by atoms with Gasteiger partial charge in [-0.2, -0.15) is 0 Å². The van der Waals surface area contributed by atoms with Crippen molar-refractivity contribution >= 4 is 11.3 Å². The van der Waals surface area contributed by atoms with Gasteiger partial charge in [0, 0.05) is 10.9 Å². The smallest absolute Gasteiger partial charge is 0.00987 e. The molecule has 0 radical (unpaired) electrons. The largest absolute Gasteiger partial charge is 0.314 e. The van der Waals surface area contributed by atoms with Gasteiger partial charge in [-0.3, -0.25) is 0 Å². The first-order valence-electron chi connectivity index (χ1n) is 8.16. The summed E-state index contributed by atoms with van der Waals surface area (Å²) in [4.78, 5) is 1.55. The lowest BCUT2D eigenvalue weighted by Gasteiger charge is -2.27. The van der Waals surface area contributed by atoms with Crippen LogP contribution in [-0.2, 0) is 6.42 Å². The molecule has 1 aromatic rings. The van der Waals surface area contributed by atoms with Crippen molar-refractivity contribution in [3.8, 4) is 0 Å². The van der Waals surface area contributed by atoms with Crippen LogP contribution in [0.5, 0.6) is 0 Å². The van der Waals surface area contributed by atoms with Crippen molar-refractivity contribution in [1.82, 2.24) is 5.32 Å². The fourth-order valence-electron chi connectivity index (χ4n) is 3.30. The number of thiophene rings is 1. The first-order valence-corrected chi connectivity index (χ1v) is 9.04. The van der Waals surface area contributed by atoms with Gasteiger partial charge in [-0.1, -0.05) is 38.7 Å². The average molecular weight is 279 g/mol. The van der Waals surface area contributed by atoms with E-state index < -0.39 is 0 Å². The Balaban J connectivity index is 1.85. The zero-order chi connectivity index (χ0) is 13.3. The summed E-state index contributed by atoms with van der Waals surface area (Å²) in [5.41, 5.74) is 0. The van der Waals surface area contributed by atoms with E-state index in [0.717, 1.165) is 12.0 Å². The number of rotatable bonds is 7. The van der Waals surface area contributed by atoms with E-state index in [1.807, 2.05) is 11.3 Å². The molecule has 1 atom stereocenters. The van der Waals surface area contributed by atoms with E-state index in [-0.39, 0.29) is 0 Å². The molecular weight excluding hydrogens is 250 g/mol. The van der Waals surface area contributed by atoms with E-state index in [1.54, 1.807) is 4.88 Å². The van der Waals surface area contributed by atoms with Gasteiger partial charge >= 0.3 is 0 Å². The Morgan fingerprint density at radius 1 is 1.26 bits per heavy atom. The molecule has 1 aromatic heterocycles. The third kappa shape index (κ3) is 5.27. The predicted octanol–water partition coefficient (Wildman–Crippen LogP) is 5.02. The fourth-order valence-corrected chi connectivity index (χ4v) is 4.02. The number of nitrogens with one attached hydrogen (secondary N) is 1. The molecule has 0 amide bonds. The quantitative estimate of drug-likeness (QED) is 0.691. The molecule has 2 rings (SSSR count). The highest BCUT2D eigenvalue weighted by Crippen LogP contribution is 2.28. The van der Waals surface area contributed by atoms with Gasteiger partial charge in [-0.15, -0.1) is 11.3 Å². The predicted molar refractivity (Wildman–Crippen MR) is 85.9 cm³/mol. The molecule has 19 heavy (non-hydrogen) atoms. The molecular formula is C17H29NS. The van der Waals surface area contributed by atoms with Crippen molar-refractivity contribution in [2.45, 2.75) is 70.8 Å². The minimum atomic E-state index is 0.750. The minimum Gasteiger partial charge on any atom is -0.314 e. The lowest BCUT2D eigenvalue weighted by molar-refractivity contribution is 0.305. The van der Waals surface area contributed by atoms with Crippen LogP contribution in [0.4, 0.5) is 0 Å². The van der Waals surface area contributed by atoms with Crippen LogP contribution in [-0.4, -0.2) is 12.6 Å².